The lowest BCUT2D eigenvalue weighted by Crippen LogP contribution is -2.41. The second kappa shape index (κ2) is 9.50. The van der Waals surface area contributed by atoms with Gasteiger partial charge in [0.15, 0.2) is 9.84 Å². The average Bonchev–Trinajstić information content (AvgIpc) is 3.18. The Morgan fingerprint density at radius 2 is 1.84 bits per heavy atom. The predicted molar refractivity (Wildman–Crippen MR) is 117 cm³/mol. The number of benzene rings is 2. The molecule has 1 saturated heterocycles. The van der Waals surface area contributed by atoms with Gasteiger partial charge in [-0.15, -0.1) is 0 Å². The summed E-state index contributed by atoms with van der Waals surface area (Å²) in [5, 5.41) is 0.417. The molecule has 2 heterocycles. The Balaban J connectivity index is 1.23. The molecule has 0 radical (unpaired) electrons. The standard InChI is InChI=1S/C22H22F2N2O4S2/c23-15-6-8-17(9-7-15)32(28,29)14-2-5-20(27)26-12-10-16(11-13-26)30-22-25-21-18(24)3-1-4-19(21)31-22/h1,3-4,6-9,16H,2,5,10-14H2. The van der Waals surface area contributed by atoms with Crippen LogP contribution in [0.25, 0.3) is 10.2 Å². The minimum Gasteiger partial charge on any atom is -0.467 e. The van der Waals surface area contributed by atoms with Gasteiger partial charge in [0.05, 0.1) is 15.3 Å². The number of aromatic nitrogens is 1. The Bertz CT molecular complexity index is 1200. The van der Waals surface area contributed by atoms with Crippen LogP contribution in [-0.2, 0) is 14.6 Å². The van der Waals surface area contributed by atoms with Crippen LogP contribution in [0.15, 0.2) is 47.4 Å². The van der Waals surface area contributed by atoms with Crippen molar-refractivity contribution < 1.29 is 26.7 Å². The van der Waals surface area contributed by atoms with Crippen molar-refractivity contribution in [2.75, 3.05) is 18.8 Å². The van der Waals surface area contributed by atoms with E-state index in [9.17, 15) is 22.0 Å². The molecule has 0 spiro atoms. The maximum atomic E-state index is 13.8. The molecule has 32 heavy (non-hydrogen) atoms. The zero-order valence-corrected chi connectivity index (χ0v) is 18.8. The van der Waals surface area contributed by atoms with Crippen LogP contribution in [0.1, 0.15) is 25.7 Å². The van der Waals surface area contributed by atoms with Gasteiger partial charge in [-0.05, 0) is 42.8 Å². The molecule has 6 nitrogen and oxygen atoms in total. The van der Waals surface area contributed by atoms with Crippen molar-refractivity contribution in [2.45, 2.75) is 36.7 Å². The number of hydrogen-bond acceptors (Lipinski definition) is 6. The number of ether oxygens (including phenoxy) is 1. The fraction of sp³-hybridized carbons (Fsp3) is 0.364. The fourth-order valence-electron chi connectivity index (χ4n) is 3.64. The van der Waals surface area contributed by atoms with Crippen LogP contribution in [0.4, 0.5) is 8.78 Å². The lowest BCUT2D eigenvalue weighted by atomic mass is 10.1. The molecule has 1 fully saturated rings. The van der Waals surface area contributed by atoms with Crippen molar-refractivity contribution in [3.05, 3.63) is 54.1 Å². The molecule has 1 aliphatic heterocycles. The number of thiazole rings is 1. The van der Waals surface area contributed by atoms with Crippen LogP contribution < -0.4 is 4.74 Å². The number of rotatable bonds is 7. The number of likely N-dealkylation sites (tertiary alicyclic amines) is 1. The number of carbonyl (C=O) groups is 1. The number of carbonyl (C=O) groups excluding carboxylic acids is 1. The summed E-state index contributed by atoms with van der Waals surface area (Å²) in [7, 11) is -3.55. The number of sulfone groups is 1. The lowest BCUT2D eigenvalue weighted by molar-refractivity contribution is -0.133. The molecule has 0 bridgehead atoms. The number of para-hydroxylation sites is 1. The van der Waals surface area contributed by atoms with Crippen LogP contribution in [0.3, 0.4) is 0 Å². The van der Waals surface area contributed by atoms with E-state index in [4.69, 9.17) is 4.74 Å². The van der Waals surface area contributed by atoms with E-state index in [2.05, 4.69) is 4.98 Å². The first-order valence-electron chi connectivity index (χ1n) is 10.3. The molecule has 0 atom stereocenters. The van der Waals surface area contributed by atoms with Crippen molar-refractivity contribution in [1.82, 2.24) is 9.88 Å². The van der Waals surface area contributed by atoms with Crippen LogP contribution in [0, 0.1) is 11.6 Å². The minimum absolute atomic E-state index is 0.0547. The van der Waals surface area contributed by atoms with Gasteiger partial charge in [0, 0.05) is 32.4 Å². The summed E-state index contributed by atoms with van der Waals surface area (Å²) in [6.45, 7) is 1.01. The van der Waals surface area contributed by atoms with Crippen LogP contribution in [0.2, 0.25) is 0 Å². The molecule has 0 N–H and O–H groups in total. The molecule has 4 rings (SSSR count). The molecule has 1 aromatic heterocycles. The van der Waals surface area contributed by atoms with Gasteiger partial charge in [-0.3, -0.25) is 4.79 Å². The Labute approximate surface area is 188 Å². The lowest BCUT2D eigenvalue weighted by Gasteiger charge is -2.31. The van der Waals surface area contributed by atoms with Gasteiger partial charge in [0.1, 0.15) is 23.3 Å². The molecule has 0 saturated carbocycles. The highest BCUT2D eigenvalue weighted by Gasteiger charge is 2.25. The minimum atomic E-state index is -3.55. The molecule has 2 aromatic carbocycles. The Morgan fingerprint density at radius 1 is 1.12 bits per heavy atom. The van der Waals surface area contributed by atoms with Gasteiger partial charge in [-0.25, -0.2) is 17.2 Å². The van der Waals surface area contributed by atoms with Crippen molar-refractivity contribution in [3.63, 3.8) is 0 Å². The highest BCUT2D eigenvalue weighted by Crippen LogP contribution is 2.31. The van der Waals surface area contributed by atoms with Crippen molar-refractivity contribution >= 4 is 37.3 Å². The van der Waals surface area contributed by atoms with Crippen LogP contribution >= 0.6 is 11.3 Å². The number of fused-ring (bicyclic) bond motifs is 1. The zero-order valence-electron chi connectivity index (χ0n) is 17.2. The summed E-state index contributed by atoms with van der Waals surface area (Å²) in [4.78, 5) is 18.5. The molecule has 3 aromatic rings. The van der Waals surface area contributed by atoms with Crippen LogP contribution in [0.5, 0.6) is 5.19 Å². The summed E-state index contributed by atoms with van der Waals surface area (Å²) in [5.41, 5.74) is 0.302. The van der Waals surface area contributed by atoms with E-state index in [1.165, 1.54) is 29.5 Å². The quantitative estimate of drug-likeness (QED) is 0.474. The molecule has 1 amide bonds. The van der Waals surface area contributed by atoms with E-state index in [0.29, 0.717) is 36.6 Å². The SMILES string of the molecule is O=C(CCCS(=O)(=O)c1ccc(F)cc1)N1CCC(Oc2nc3c(F)cccc3s2)CC1. The second-order valence-electron chi connectivity index (χ2n) is 7.64. The first-order chi connectivity index (χ1) is 15.3. The first kappa shape index (κ1) is 22.6. The van der Waals surface area contributed by atoms with E-state index in [1.807, 2.05) is 0 Å². The van der Waals surface area contributed by atoms with Gasteiger partial charge in [-0.2, -0.15) is 4.98 Å². The highest BCUT2D eigenvalue weighted by atomic mass is 32.2. The molecular formula is C22H22F2N2O4S2. The summed E-state index contributed by atoms with van der Waals surface area (Å²) in [6, 6.07) is 9.47. The molecule has 10 heteroatoms. The summed E-state index contributed by atoms with van der Waals surface area (Å²) in [6.07, 6.45) is 1.47. The zero-order chi connectivity index (χ0) is 22.7. The monoisotopic (exact) mass is 480 g/mol. The van der Waals surface area contributed by atoms with Gasteiger partial charge < -0.3 is 9.64 Å². The Hall–Kier alpha value is -2.59. The average molecular weight is 481 g/mol. The summed E-state index contributed by atoms with van der Waals surface area (Å²) < 4.78 is 58.0. The van der Waals surface area contributed by atoms with Crippen molar-refractivity contribution in [2.24, 2.45) is 0 Å². The van der Waals surface area contributed by atoms with Gasteiger partial charge in [0.2, 0.25) is 5.91 Å². The Morgan fingerprint density at radius 3 is 2.53 bits per heavy atom. The molecule has 0 unspecified atom stereocenters. The molecule has 170 valence electrons. The topological polar surface area (TPSA) is 76.6 Å². The number of amides is 1. The van der Waals surface area contributed by atoms with Gasteiger partial charge >= 0.3 is 0 Å². The van der Waals surface area contributed by atoms with E-state index in [0.717, 1.165) is 16.8 Å². The van der Waals surface area contributed by atoms with Gasteiger partial charge in [0.25, 0.3) is 5.19 Å². The predicted octanol–water partition coefficient (Wildman–Crippen LogP) is 4.20. The van der Waals surface area contributed by atoms with Crippen LogP contribution in [-0.4, -0.2) is 49.2 Å². The first-order valence-corrected chi connectivity index (χ1v) is 12.8. The molecule has 1 aliphatic rings. The van der Waals surface area contributed by atoms with E-state index in [-0.39, 0.29) is 41.3 Å². The highest BCUT2D eigenvalue weighted by molar-refractivity contribution is 7.91. The maximum absolute atomic E-state index is 13.8. The number of nitrogens with zero attached hydrogens (tertiary/aromatic N) is 2. The van der Waals surface area contributed by atoms with E-state index in [1.54, 1.807) is 17.0 Å². The maximum Gasteiger partial charge on any atom is 0.274 e. The number of piperidine rings is 1. The van der Waals surface area contributed by atoms with Gasteiger partial charge in [-0.1, -0.05) is 17.4 Å². The normalized spacial score (nSPS) is 15.2. The molecular weight excluding hydrogens is 458 g/mol. The largest absolute Gasteiger partial charge is 0.467 e. The third-order valence-electron chi connectivity index (χ3n) is 5.39. The fourth-order valence-corrected chi connectivity index (χ4v) is 5.85. The third-order valence-corrected chi connectivity index (χ3v) is 8.12. The smallest absolute Gasteiger partial charge is 0.274 e. The number of halogens is 2. The van der Waals surface area contributed by atoms with E-state index < -0.39 is 15.7 Å². The number of hydrogen-bond donors (Lipinski definition) is 0. The molecule has 0 aliphatic carbocycles. The van der Waals surface area contributed by atoms with Crippen molar-refractivity contribution in [1.29, 1.82) is 0 Å². The second-order valence-corrected chi connectivity index (χ2v) is 10.7. The summed E-state index contributed by atoms with van der Waals surface area (Å²) >= 11 is 1.29. The Kier molecular flexibility index (Phi) is 6.71. The van der Waals surface area contributed by atoms with Crippen molar-refractivity contribution in [3.8, 4) is 5.19 Å². The van der Waals surface area contributed by atoms with E-state index >= 15 is 0 Å². The third kappa shape index (κ3) is 5.24. The summed E-state index contributed by atoms with van der Waals surface area (Å²) in [5.74, 6) is -1.14.